The van der Waals surface area contributed by atoms with Crippen molar-refractivity contribution in [3.8, 4) is 0 Å². The molecule has 0 atom stereocenters. The van der Waals surface area contributed by atoms with Gasteiger partial charge in [0.1, 0.15) is 0 Å². The van der Waals surface area contributed by atoms with Crippen LogP contribution in [0.4, 0.5) is 0 Å². The zero-order chi connectivity index (χ0) is 14.6. The van der Waals surface area contributed by atoms with Crippen molar-refractivity contribution in [2.45, 2.75) is 4.90 Å². The van der Waals surface area contributed by atoms with Gasteiger partial charge in [0, 0.05) is 23.4 Å². The molecular formula is C14H12N2O3S. The molecule has 5 nitrogen and oxygen atoms in total. The first-order chi connectivity index (χ1) is 9.54. The summed E-state index contributed by atoms with van der Waals surface area (Å²) >= 11 is 0. The number of benzene rings is 2. The smallest absolute Gasteiger partial charge is 0.238 e. The lowest BCUT2D eigenvalue weighted by Crippen LogP contribution is -2.12. The normalized spacial score (nSPS) is 12.4. The highest BCUT2D eigenvalue weighted by Gasteiger charge is 2.13. The monoisotopic (exact) mass is 288 g/mol. The molecule has 0 aliphatic carbocycles. The highest BCUT2D eigenvalue weighted by Crippen LogP contribution is 2.24. The van der Waals surface area contributed by atoms with E-state index in [1.165, 1.54) is 12.1 Å². The van der Waals surface area contributed by atoms with E-state index in [1.807, 2.05) is 6.08 Å². The number of sulfonamides is 1. The third-order valence-corrected chi connectivity index (χ3v) is 3.66. The molecule has 1 heterocycles. The molecular weight excluding hydrogens is 276 g/mol. The Morgan fingerprint density at radius 2 is 1.60 bits per heavy atom. The van der Waals surface area contributed by atoms with Crippen molar-refractivity contribution < 1.29 is 13.2 Å². The minimum atomic E-state index is -3.77. The van der Waals surface area contributed by atoms with Crippen LogP contribution in [0, 0.1) is 0 Å². The van der Waals surface area contributed by atoms with Crippen LogP contribution in [0.5, 0.6) is 0 Å². The van der Waals surface area contributed by atoms with Crippen LogP contribution in [0.3, 0.4) is 0 Å². The van der Waals surface area contributed by atoms with Gasteiger partial charge in [-0.05, 0) is 23.6 Å². The number of allylic oxidation sites excluding steroid dienone is 1. The van der Waals surface area contributed by atoms with Gasteiger partial charge in [-0.3, -0.25) is 9.79 Å². The van der Waals surface area contributed by atoms with E-state index in [4.69, 9.17) is 5.14 Å². The van der Waals surface area contributed by atoms with Crippen molar-refractivity contribution in [2.24, 2.45) is 10.1 Å². The molecule has 0 spiro atoms. The number of aliphatic imine (C=N–C) groups is 1. The molecule has 1 aliphatic heterocycles. The van der Waals surface area contributed by atoms with Crippen LogP contribution in [0.15, 0.2) is 58.6 Å². The molecule has 0 unspecified atom stereocenters. The largest absolute Gasteiger partial charge is 0.298 e. The number of rotatable bonds is 2. The zero-order valence-corrected chi connectivity index (χ0v) is 11.2. The molecule has 0 saturated carbocycles. The molecule has 6 heteroatoms. The van der Waals surface area contributed by atoms with Crippen LogP contribution in [-0.2, 0) is 10.0 Å². The number of carbonyl (C=O) groups is 1. The summed E-state index contributed by atoms with van der Waals surface area (Å²) in [5, 5.41) is 6.15. The molecule has 0 bridgehead atoms. The molecule has 0 radical (unpaired) electrons. The fourth-order valence-electron chi connectivity index (χ4n) is 1.73. The summed E-state index contributed by atoms with van der Waals surface area (Å²) in [5.74, 6) is 0. The van der Waals surface area contributed by atoms with E-state index in [2.05, 4.69) is 4.99 Å². The molecule has 0 saturated heterocycles. The second-order valence-corrected chi connectivity index (χ2v) is 5.53. The minimum Gasteiger partial charge on any atom is -0.298 e. The van der Waals surface area contributed by atoms with Crippen molar-refractivity contribution in [1.29, 1.82) is 0 Å². The maximum atomic E-state index is 11.3. The zero-order valence-electron chi connectivity index (χ0n) is 10.4. The van der Waals surface area contributed by atoms with Gasteiger partial charge in [-0.1, -0.05) is 24.3 Å². The van der Waals surface area contributed by atoms with E-state index < -0.39 is 10.0 Å². The van der Waals surface area contributed by atoms with Crippen LogP contribution in [0.1, 0.15) is 10.4 Å². The van der Waals surface area contributed by atoms with Crippen LogP contribution in [-0.4, -0.2) is 20.9 Å². The number of nitrogens with two attached hydrogens (primary N) is 1. The molecule has 102 valence electrons. The van der Waals surface area contributed by atoms with Crippen LogP contribution >= 0.6 is 0 Å². The molecule has 0 fully saturated rings. The third-order valence-electron chi connectivity index (χ3n) is 2.70. The van der Waals surface area contributed by atoms with Gasteiger partial charge in [-0.15, -0.1) is 0 Å². The number of carbonyl (C=O) groups excluding carboxylic acids is 1. The van der Waals surface area contributed by atoms with Crippen molar-refractivity contribution in [1.82, 2.24) is 0 Å². The number of aldehydes is 1. The second kappa shape index (κ2) is 5.77. The van der Waals surface area contributed by atoms with Crippen molar-refractivity contribution in [2.75, 3.05) is 0 Å². The number of fused-ring (bicyclic) bond motifs is 1. The number of hydrogen-bond acceptors (Lipinski definition) is 4. The van der Waals surface area contributed by atoms with Gasteiger partial charge in [-0.2, -0.15) is 0 Å². The van der Waals surface area contributed by atoms with Crippen LogP contribution < -0.4 is 5.14 Å². The van der Waals surface area contributed by atoms with Gasteiger partial charge in [0.2, 0.25) is 10.0 Å². The van der Waals surface area contributed by atoms with Crippen molar-refractivity contribution >= 4 is 33.3 Å². The van der Waals surface area contributed by atoms with Gasteiger partial charge < -0.3 is 0 Å². The maximum Gasteiger partial charge on any atom is 0.238 e. The number of nitrogens with zero attached hydrogens (tertiary/aromatic N) is 1. The Morgan fingerprint density at radius 1 is 1.05 bits per heavy atom. The summed E-state index contributed by atoms with van der Waals surface area (Å²) in [5.41, 5.74) is 0.447. The van der Waals surface area contributed by atoms with Crippen LogP contribution in [0.2, 0.25) is 0 Å². The average molecular weight is 288 g/mol. The molecule has 3 rings (SSSR count). The Labute approximate surface area is 116 Å². The molecule has 20 heavy (non-hydrogen) atoms. The van der Waals surface area contributed by atoms with Gasteiger partial charge in [0.25, 0.3) is 0 Å². The van der Waals surface area contributed by atoms with Crippen molar-refractivity contribution in [3.05, 3.63) is 54.2 Å². The SMILES string of the molecule is C1=CN=C1.NS(=O)(=O)c1ccc(C=O)c2ccccc12. The molecule has 2 aromatic rings. The summed E-state index contributed by atoms with van der Waals surface area (Å²) in [6.45, 7) is 0. The maximum absolute atomic E-state index is 11.3. The lowest BCUT2D eigenvalue weighted by Gasteiger charge is -2.05. The number of hydrogen-bond donors (Lipinski definition) is 1. The summed E-state index contributed by atoms with van der Waals surface area (Å²) in [6.07, 6.45) is 6.08. The molecule has 0 aromatic heterocycles. The first-order valence-corrected chi connectivity index (χ1v) is 7.26. The van der Waals surface area contributed by atoms with E-state index in [9.17, 15) is 13.2 Å². The lowest BCUT2D eigenvalue weighted by molar-refractivity contribution is 0.112. The highest BCUT2D eigenvalue weighted by molar-refractivity contribution is 7.89. The minimum absolute atomic E-state index is 0.0358. The first-order valence-electron chi connectivity index (χ1n) is 5.72. The second-order valence-electron chi connectivity index (χ2n) is 4.00. The van der Waals surface area contributed by atoms with Gasteiger partial charge in [-0.25, -0.2) is 13.6 Å². The molecule has 0 amide bonds. The van der Waals surface area contributed by atoms with Gasteiger partial charge >= 0.3 is 0 Å². The molecule has 2 N–H and O–H groups in total. The lowest BCUT2D eigenvalue weighted by atomic mass is 10.1. The third kappa shape index (κ3) is 2.98. The Balaban J connectivity index is 0.000000315. The Hall–Kier alpha value is -2.31. The number of primary sulfonamides is 1. The Kier molecular flexibility index (Phi) is 4.07. The summed E-state index contributed by atoms with van der Waals surface area (Å²) in [4.78, 5) is 14.4. The quantitative estimate of drug-likeness (QED) is 0.855. The first kappa shape index (κ1) is 14.1. The Bertz CT molecular complexity index is 790. The van der Waals surface area contributed by atoms with E-state index >= 15 is 0 Å². The summed E-state index contributed by atoms with van der Waals surface area (Å²) in [7, 11) is -3.77. The molecule has 2 aromatic carbocycles. The fraction of sp³-hybridized carbons (Fsp3) is 0. The standard InChI is InChI=1S/C11H9NO3S.C3H3N/c12-16(14,15)11-6-5-8(7-13)9-3-1-2-4-10(9)11;1-2-4-3-1/h1-7H,(H2,12,14,15);1-3H. The highest BCUT2D eigenvalue weighted by atomic mass is 32.2. The predicted octanol–water partition coefficient (Wildman–Crippen LogP) is 1.88. The fourth-order valence-corrected chi connectivity index (χ4v) is 2.47. The van der Waals surface area contributed by atoms with Crippen molar-refractivity contribution in [3.63, 3.8) is 0 Å². The molecule has 1 aliphatic rings. The summed E-state index contributed by atoms with van der Waals surface area (Å²) < 4.78 is 22.7. The van der Waals surface area contributed by atoms with Gasteiger partial charge in [0.05, 0.1) is 4.90 Å². The van der Waals surface area contributed by atoms with E-state index in [0.717, 1.165) is 0 Å². The average Bonchev–Trinajstić information content (AvgIpc) is 2.34. The Morgan fingerprint density at radius 3 is 2.05 bits per heavy atom. The van der Waals surface area contributed by atoms with E-state index in [0.29, 0.717) is 22.6 Å². The predicted molar refractivity (Wildman–Crippen MR) is 78.3 cm³/mol. The van der Waals surface area contributed by atoms with E-state index in [-0.39, 0.29) is 4.90 Å². The van der Waals surface area contributed by atoms with Gasteiger partial charge in [0.15, 0.2) is 6.29 Å². The van der Waals surface area contributed by atoms with E-state index in [1.54, 1.807) is 36.7 Å². The summed E-state index contributed by atoms with van der Waals surface area (Å²) in [6, 6.07) is 9.56. The van der Waals surface area contributed by atoms with Crippen LogP contribution in [0.25, 0.3) is 10.8 Å². The topological polar surface area (TPSA) is 89.6 Å².